The van der Waals surface area contributed by atoms with Crippen LogP contribution in [-0.4, -0.2) is 59.7 Å². The monoisotopic (exact) mass is 418 g/mol. The van der Waals surface area contributed by atoms with E-state index in [0.29, 0.717) is 16.4 Å². The molecule has 4 rings (SSSR count). The first-order valence-electron chi connectivity index (χ1n) is 8.79. The number of rotatable bonds is 6. The van der Waals surface area contributed by atoms with E-state index in [0.717, 1.165) is 10.9 Å². The molecule has 4 atom stereocenters. The van der Waals surface area contributed by atoms with Crippen LogP contribution in [0.1, 0.15) is 11.8 Å². The Morgan fingerprint density at radius 3 is 2.79 bits per heavy atom. The molecular weight excluding hydrogens is 400 g/mol. The highest BCUT2D eigenvalue weighted by Crippen LogP contribution is 2.34. The minimum Gasteiger partial charge on any atom is -0.394 e. The molecule has 0 unspecified atom stereocenters. The van der Waals surface area contributed by atoms with E-state index in [9.17, 15) is 25.4 Å². The van der Waals surface area contributed by atoms with Gasteiger partial charge in [0.15, 0.2) is 6.23 Å². The summed E-state index contributed by atoms with van der Waals surface area (Å²) in [7, 11) is 0. The number of aromatic nitrogens is 3. The molecule has 29 heavy (non-hydrogen) atoms. The number of hydrogen-bond acceptors (Lipinski definition) is 9. The van der Waals surface area contributed by atoms with E-state index in [1.807, 2.05) is 6.07 Å². The van der Waals surface area contributed by atoms with Gasteiger partial charge in [-0.25, -0.2) is 9.97 Å². The second-order valence-corrected chi connectivity index (χ2v) is 7.55. The third-order valence-electron chi connectivity index (χ3n) is 4.76. The maximum atomic E-state index is 10.9. The summed E-state index contributed by atoms with van der Waals surface area (Å²) in [5.74, 6) is 0.479. The molecule has 2 aromatic heterocycles. The van der Waals surface area contributed by atoms with Crippen LogP contribution < -0.4 is 0 Å². The fourth-order valence-corrected chi connectivity index (χ4v) is 4.21. The zero-order valence-electron chi connectivity index (χ0n) is 15.0. The van der Waals surface area contributed by atoms with Crippen LogP contribution in [-0.2, 0) is 10.5 Å². The highest BCUT2D eigenvalue weighted by molar-refractivity contribution is 7.98. The Hall–Kier alpha value is -2.57. The third-order valence-corrected chi connectivity index (χ3v) is 5.84. The maximum Gasteiger partial charge on any atom is 0.269 e. The first kappa shape index (κ1) is 19.7. The van der Waals surface area contributed by atoms with Crippen molar-refractivity contribution in [2.24, 2.45) is 0 Å². The molecule has 3 N–H and O–H groups in total. The molecule has 3 aromatic rings. The summed E-state index contributed by atoms with van der Waals surface area (Å²) >= 11 is 1.41. The van der Waals surface area contributed by atoms with Gasteiger partial charge in [-0.3, -0.25) is 10.1 Å². The molecule has 1 aliphatic heterocycles. The summed E-state index contributed by atoms with van der Waals surface area (Å²) in [5, 5.41) is 41.9. The van der Waals surface area contributed by atoms with Gasteiger partial charge in [-0.05, 0) is 11.6 Å². The van der Waals surface area contributed by atoms with Crippen molar-refractivity contribution in [2.75, 3.05) is 6.61 Å². The maximum absolute atomic E-state index is 10.9. The molecule has 1 fully saturated rings. The normalized spacial score (nSPS) is 24.2. The SMILES string of the molecule is O=[N+]([O-])c1cccc(CSc2ncnc3c2ccn3[C@@H]2O[C@H](CO)[C@@H](O)[C@H]2O)c1. The number of nitro benzene ring substituents is 1. The molecule has 0 bridgehead atoms. The summed E-state index contributed by atoms with van der Waals surface area (Å²) in [6.07, 6.45) is -1.11. The molecule has 3 heterocycles. The van der Waals surface area contributed by atoms with Crippen molar-refractivity contribution < 1.29 is 25.0 Å². The topological polar surface area (TPSA) is 144 Å². The van der Waals surface area contributed by atoms with Gasteiger partial charge in [-0.2, -0.15) is 0 Å². The summed E-state index contributed by atoms with van der Waals surface area (Å²) in [4.78, 5) is 19.1. The number of nitro groups is 1. The van der Waals surface area contributed by atoms with Crippen LogP contribution in [0, 0.1) is 10.1 Å². The zero-order valence-corrected chi connectivity index (χ0v) is 15.8. The number of hydrogen-bond donors (Lipinski definition) is 3. The van der Waals surface area contributed by atoms with Crippen molar-refractivity contribution in [3.8, 4) is 0 Å². The Kier molecular flexibility index (Phi) is 5.48. The van der Waals surface area contributed by atoms with Gasteiger partial charge in [0.2, 0.25) is 0 Å². The van der Waals surface area contributed by atoms with Gasteiger partial charge in [-0.1, -0.05) is 12.1 Å². The van der Waals surface area contributed by atoms with Gasteiger partial charge >= 0.3 is 0 Å². The smallest absolute Gasteiger partial charge is 0.269 e. The summed E-state index contributed by atoms with van der Waals surface area (Å²) < 4.78 is 7.17. The number of ether oxygens (including phenoxy) is 1. The van der Waals surface area contributed by atoms with Crippen LogP contribution in [0.4, 0.5) is 5.69 Å². The number of nitrogens with zero attached hydrogens (tertiary/aromatic N) is 4. The molecule has 11 heteroatoms. The lowest BCUT2D eigenvalue weighted by atomic mass is 10.1. The van der Waals surface area contributed by atoms with Crippen LogP contribution >= 0.6 is 11.8 Å². The quantitative estimate of drug-likeness (QED) is 0.233. The van der Waals surface area contributed by atoms with Crippen LogP contribution in [0.2, 0.25) is 0 Å². The number of aliphatic hydroxyl groups excluding tert-OH is 3. The number of non-ortho nitro benzene ring substituents is 1. The van der Waals surface area contributed by atoms with Crippen LogP contribution in [0.15, 0.2) is 47.9 Å². The first-order chi connectivity index (χ1) is 14.0. The molecule has 1 aliphatic rings. The molecule has 0 radical (unpaired) electrons. The minimum absolute atomic E-state index is 0.0338. The molecule has 0 spiro atoms. The molecular formula is C18H18N4O6S. The minimum atomic E-state index is -1.21. The summed E-state index contributed by atoms with van der Waals surface area (Å²) in [5.41, 5.74) is 1.33. The van der Waals surface area contributed by atoms with Crippen molar-refractivity contribution in [1.82, 2.24) is 14.5 Å². The lowest BCUT2D eigenvalue weighted by Gasteiger charge is -2.17. The number of thioether (sulfide) groups is 1. The standard InChI is InChI=1S/C18H18N4O6S/c23-7-13-14(24)15(25)18(28-13)21-5-4-12-16(21)19-9-20-17(12)29-8-10-2-1-3-11(6-10)22(26)27/h1-6,9,13-15,18,23-25H,7-8H2/t13-,14-,15-,18-/m1/s1. The van der Waals surface area contributed by atoms with Gasteiger partial charge < -0.3 is 24.6 Å². The van der Waals surface area contributed by atoms with E-state index in [1.165, 1.54) is 30.2 Å². The molecule has 10 nitrogen and oxygen atoms in total. The second kappa shape index (κ2) is 8.05. The van der Waals surface area contributed by atoms with Crippen molar-refractivity contribution in [2.45, 2.75) is 35.3 Å². The predicted molar refractivity (Wildman–Crippen MR) is 103 cm³/mol. The van der Waals surface area contributed by atoms with Gasteiger partial charge in [0.25, 0.3) is 5.69 Å². The van der Waals surface area contributed by atoms with Crippen molar-refractivity contribution >= 4 is 28.5 Å². The zero-order chi connectivity index (χ0) is 20.5. The van der Waals surface area contributed by atoms with E-state index in [1.54, 1.807) is 22.9 Å². The molecule has 152 valence electrons. The molecule has 0 saturated carbocycles. The lowest BCUT2D eigenvalue weighted by molar-refractivity contribution is -0.384. The average molecular weight is 418 g/mol. The number of aliphatic hydroxyl groups is 3. The summed E-state index contributed by atoms with van der Waals surface area (Å²) in [6, 6.07) is 8.19. The van der Waals surface area contributed by atoms with E-state index >= 15 is 0 Å². The Bertz CT molecular complexity index is 1040. The molecule has 1 saturated heterocycles. The number of benzene rings is 1. The van der Waals surface area contributed by atoms with Crippen molar-refractivity contribution in [3.63, 3.8) is 0 Å². The highest BCUT2D eigenvalue weighted by atomic mass is 32.2. The fourth-order valence-electron chi connectivity index (χ4n) is 3.29. The Morgan fingerprint density at radius 1 is 1.24 bits per heavy atom. The van der Waals surface area contributed by atoms with E-state index in [4.69, 9.17) is 4.74 Å². The van der Waals surface area contributed by atoms with Gasteiger partial charge in [0.1, 0.15) is 35.3 Å². The summed E-state index contributed by atoms with van der Waals surface area (Å²) in [6.45, 7) is -0.409. The molecule has 1 aromatic carbocycles. The van der Waals surface area contributed by atoms with Crippen molar-refractivity contribution in [1.29, 1.82) is 0 Å². The predicted octanol–water partition coefficient (Wildman–Crippen LogP) is 1.24. The molecule has 0 amide bonds. The third kappa shape index (κ3) is 3.70. The van der Waals surface area contributed by atoms with Crippen LogP contribution in [0.25, 0.3) is 11.0 Å². The van der Waals surface area contributed by atoms with Crippen LogP contribution in [0.3, 0.4) is 0 Å². The van der Waals surface area contributed by atoms with E-state index < -0.39 is 36.1 Å². The highest BCUT2D eigenvalue weighted by Gasteiger charge is 2.43. The Morgan fingerprint density at radius 2 is 2.07 bits per heavy atom. The number of fused-ring (bicyclic) bond motifs is 1. The Labute approximate surface area is 168 Å². The van der Waals surface area contributed by atoms with Gasteiger partial charge in [-0.15, -0.1) is 11.8 Å². The Balaban J connectivity index is 1.58. The van der Waals surface area contributed by atoms with E-state index in [-0.39, 0.29) is 5.69 Å². The molecule has 0 aliphatic carbocycles. The largest absolute Gasteiger partial charge is 0.394 e. The van der Waals surface area contributed by atoms with Crippen molar-refractivity contribution in [3.05, 3.63) is 58.5 Å². The van der Waals surface area contributed by atoms with E-state index in [2.05, 4.69) is 9.97 Å². The average Bonchev–Trinajstić information content (AvgIpc) is 3.28. The van der Waals surface area contributed by atoms with Crippen LogP contribution in [0.5, 0.6) is 0 Å². The first-order valence-corrected chi connectivity index (χ1v) is 9.78. The lowest BCUT2D eigenvalue weighted by Crippen LogP contribution is -2.33. The van der Waals surface area contributed by atoms with Gasteiger partial charge in [0, 0.05) is 24.1 Å². The second-order valence-electron chi connectivity index (χ2n) is 6.58. The van der Waals surface area contributed by atoms with Gasteiger partial charge in [0.05, 0.1) is 16.9 Å². The fraction of sp³-hybridized carbons (Fsp3) is 0.333.